The van der Waals surface area contributed by atoms with E-state index in [2.05, 4.69) is 11.1 Å². The fourth-order valence-corrected chi connectivity index (χ4v) is 1.66. The van der Waals surface area contributed by atoms with Gasteiger partial charge in [-0.05, 0) is 25.5 Å². The van der Waals surface area contributed by atoms with E-state index >= 15 is 0 Å². The average molecular weight is 250 g/mol. The zero-order valence-corrected chi connectivity index (χ0v) is 10.9. The molecule has 0 spiro atoms. The minimum atomic E-state index is 0.371. The van der Waals surface area contributed by atoms with Crippen molar-refractivity contribution in [3.05, 3.63) is 58.9 Å². The van der Waals surface area contributed by atoms with Gasteiger partial charge in [-0.1, -0.05) is 36.4 Å². The van der Waals surface area contributed by atoms with Crippen LogP contribution < -0.4 is 0 Å². The lowest BCUT2D eigenvalue weighted by molar-refractivity contribution is 0.542. The Morgan fingerprint density at radius 1 is 1.21 bits per heavy atom. The SMILES string of the molecule is Cc1oc(/N=C/C=C/c2ccccc2)c(C#N)c1C. The van der Waals surface area contributed by atoms with Crippen LogP contribution in [0, 0.1) is 25.2 Å². The third-order valence-electron chi connectivity index (χ3n) is 2.84. The molecule has 3 heteroatoms. The van der Waals surface area contributed by atoms with Crippen molar-refractivity contribution in [3.8, 4) is 6.07 Å². The number of aliphatic imine (C=N–C) groups is 1. The van der Waals surface area contributed by atoms with Crippen LogP contribution in [0.25, 0.3) is 6.08 Å². The van der Waals surface area contributed by atoms with Crippen LogP contribution >= 0.6 is 0 Å². The van der Waals surface area contributed by atoms with Crippen LogP contribution in [0.5, 0.6) is 0 Å². The summed E-state index contributed by atoms with van der Waals surface area (Å²) in [5, 5.41) is 9.05. The molecular weight excluding hydrogens is 236 g/mol. The summed E-state index contributed by atoms with van der Waals surface area (Å²) >= 11 is 0. The Morgan fingerprint density at radius 3 is 2.63 bits per heavy atom. The molecule has 1 heterocycles. The number of benzene rings is 1. The Kier molecular flexibility index (Phi) is 3.94. The van der Waals surface area contributed by atoms with Crippen molar-refractivity contribution in [3.63, 3.8) is 0 Å². The molecule has 0 amide bonds. The molecule has 3 nitrogen and oxygen atoms in total. The van der Waals surface area contributed by atoms with E-state index in [1.807, 2.05) is 56.3 Å². The molecular formula is C16H14N2O. The Morgan fingerprint density at radius 2 is 1.95 bits per heavy atom. The number of nitrogens with zero attached hydrogens (tertiary/aromatic N) is 2. The number of aryl methyl sites for hydroxylation is 1. The van der Waals surface area contributed by atoms with Crippen molar-refractivity contribution in [2.75, 3.05) is 0 Å². The first kappa shape index (κ1) is 12.8. The molecule has 1 aromatic heterocycles. The number of hydrogen-bond donors (Lipinski definition) is 0. The molecule has 0 aliphatic carbocycles. The third-order valence-corrected chi connectivity index (χ3v) is 2.84. The smallest absolute Gasteiger partial charge is 0.237 e. The zero-order chi connectivity index (χ0) is 13.7. The molecule has 0 fully saturated rings. The van der Waals surface area contributed by atoms with Crippen LogP contribution in [0.3, 0.4) is 0 Å². The van der Waals surface area contributed by atoms with Gasteiger partial charge in [0, 0.05) is 11.8 Å². The molecule has 2 rings (SSSR count). The fourth-order valence-electron chi connectivity index (χ4n) is 1.66. The molecule has 0 saturated heterocycles. The van der Waals surface area contributed by atoms with Crippen molar-refractivity contribution in [2.45, 2.75) is 13.8 Å². The largest absolute Gasteiger partial charge is 0.442 e. The van der Waals surface area contributed by atoms with Gasteiger partial charge in [-0.2, -0.15) is 5.26 Å². The first-order chi connectivity index (χ1) is 9.22. The van der Waals surface area contributed by atoms with Gasteiger partial charge in [0.2, 0.25) is 5.88 Å². The monoisotopic (exact) mass is 250 g/mol. The normalized spacial score (nSPS) is 11.2. The number of rotatable bonds is 3. The molecule has 2 aromatic rings. The molecule has 1 aromatic carbocycles. The summed E-state index contributed by atoms with van der Waals surface area (Å²) in [7, 11) is 0. The first-order valence-corrected chi connectivity index (χ1v) is 5.98. The molecule has 0 aliphatic rings. The second-order valence-electron chi connectivity index (χ2n) is 4.12. The number of allylic oxidation sites excluding steroid dienone is 1. The molecule has 94 valence electrons. The molecule has 0 N–H and O–H groups in total. The predicted molar refractivity (Wildman–Crippen MR) is 76.5 cm³/mol. The summed E-state index contributed by atoms with van der Waals surface area (Å²) in [5.41, 5.74) is 2.45. The lowest BCUT2D eigenvalue weighted by atomic mass is 10.2. The van der Waals surface area contributed by atoms with Crippen molar-refractivity contribution in [2.24, 2.45) is 4.99 Å². The van der Waals surface area contributed by atoms with Gasteiger partial charge in [-0.25, -0.2) is 4.99 Å². The maximum Gasteiger partial charge on any atom is 0.237 e. The van der Waals surface area contributed by atoms with Crippen LogP contribution in [0.2, 0.25) is 0 Å². The van der Waals surface area contributed by atoms with Crippen molar-refractivity contribution >= 4 is 18.2 Å². The lowest BCUT2D eigenvalue weighted by Gasteiger charge is -1.88. The maximum absolute atomic E-state index is 9.05. The standard InChI is InChI=1S/C16H14N2O/c1-12-13(2)19-16(15(12)11-17)18-10-6-9-14-7-4-3-5-8-14/h3-10H,1-2H3/b9-6+,18-10+. The molecule has 0 bridgehead atoms. The van der Waals surface area contributed by atoms with Gasteiger partial charge in [0.15, 0.2) is 0 Å². The van der Waals surface area contributed by atoms with Gasteiger partial charge in [0.1, 0.15) is 17.4 Å². The number of nitriles is 1. The molecule has 0 saturated carbocycles. The minimum Gasteiger partial charge on any atom is -0.442 e. The van der Waals surface area contributed by atoms with Crippen molar-refractivity contribution in [1.29, 1.82) is 5.26 Å². The van der Waals surface area contributed by atoms with E-state index in [1.54, 1.807) is 6.21 Å². The molecule has 0 aliphatic heterocycles. The molecule has 0 atom stereocenters. The van der Waals surface area contributed by atoms with Crippen LogP contribution in [-0.4, -0.2) is 6.21 Å². The summed E-state index contributed by atoms with van der Waals surface area (Å²) in [6.45, 7) is 3.69. The molecule has 19 heavy (non-hydrogen) atoms. The van der Waals surface area contributed by atoms with Crippen molar-refractivity contribution in [1.82, 2.24) is 0 Å². The average Bonchev–Trinajstić information content (AvgIpc) is 2.71. The summed E-state index contributed by atoms with van der Waals surface area (Å²) < 4.78 is 5.43. The van der Waals surface area contributed by atoms with E-state index in [0.717, 1.165) is 16.9 Å². The van der Waals surface area contributed by atoms with Crippen LogP contribution in [0.15, 0.2) is 45.8 Å². The van der Waals surface area contributed by atoms with Gasteiger partial charge >= 0.3 is 0 Å². The molecule has 0 unspecified atom stereocenters. The minimum absolute atomic E-state index is 0.371. The number of furan rings is 1. The highest BCUT2D eigenvalue weighted by atomic mass is 16.4. The predicted octanol–water partition coefficient (Wildman–Crippen LogP) is 4.18. The first-order valence-electron chi connectivity index (χ1n) is 5.98. The topological polar surface area (TPSA) is 49.3 Å². The van der Waals surface area contributed by atoms with Crippen LogP contribution in [-0.2, 0) is 0 Å². The van der Waals surface area contributed by atoms with Crippen molar-refractivity contribution < 1.29 is 4.42 Å². The zero-order valence-electron chi connectivity index (χ0n) is 10.9. The van der Waals surface area contributed by atoms with E-state index in [-0.39, 0.29) is 0 Å². The maximum atomic E-state index is 9.05. The van der Waals surface area contributed by atoms with Gasteiger partial charge in [0.25, 0.3) is 0 Å². The van der Waals surface area contributed by atoms with Crippen LogP contribution in [0.1, 0.15) is 22.5 Å². The van der Waals surface area contributed by atoms with Gasteiger partial charge in [-0.3, -0.25) is 0 Å². The van der Waals surface area contributed by atoms with Gasteiger partial charge in [-0.15, -0.1) is 0 Å². The highest BCUT2D eigenvalue weighted by molar-refractivity contribution is 5.80. The van der Waals surface area contributed by atoms with E-state index in [4.69, 9.17) is 9.68 Å². The third kappa shape index (κ3) is 2.99. The summed E-state index contributed by atoms with van der Waals surface area (Å²) in [6.07, 6.45) is 5.40. The number of hydrogen-bond acceptors (Lipinski definition) is 3. The summed E-state index contributed by atoms with van der Waals surface area (Å²) in [4.78, 5) is 4.17. The molecule has 0 radical (unpaired) electrons. The Balaban J connectivity index is 2.14. The lowest BCUT2D eigenvalue weighted by Crippen LogP contribution is -1.75. The summed E-state index contributed by atoms with van der Waals surface area (Å²) in [5.74, 6) is 1.10. The van der Waals surface area contributed by atoms with Gasteiger partial charge in [0.05, 0.1) is 0 Å². The van der Waals surface area contributed by atoms with Gasteiger partial charge < -0.3 is 4.42 Å². The highest BCUT2D eigenvalue weighted by Gasteiger charge is 2.12. The quantitative estimate of drug-likeness (QED) is 0.767. The second kappa shape index (κ2) is 5.83. The Bertz CT molecular complexity index is 658. The summed E-state index contributed by atoms with van der Waals surface area (Å²) in [6, 6.07) is 12.0. The van der Waals surface area contributed by atoms with E-state index < -0.39 is 0 Å². The van der Waals surface area contributed by atoms with E-state index in [1.165, 1.54) is 0 Å². The van der Waals surface area contributed by atoms with Crippen LogP contribution in [0.4, 0.5) is 5.88 Å². The Labute approximate surface area is 112 Å². The Hall–Kier alpha value is -2.60. The second-order valence-corrected chi connectivity index (χ2v) is 4.12. The fraction of sp³-hybridized carbons (Fsp3) is 0.125. The van der Waals surface area contributed by atoms with E-state index in [0.29, 0.717) is 11.4 Å². The highest BCUT2D eigenvalue weighted by Crippen LogP contribution is 2.27. The van der Waals surface area contributed by atoms with E-state index in [9.17, 15) is 0 Å².